The van der Waals surface area contributed by atoms with E-state index >= 15 is 0 Å². The van der Waals surface area contributed by atoms with Gasteiger partial charge in [0.25, 0.3) is 0 Å². The summed E-state index contributed by atoms with van der Waals surface area (Å²) in [5, 5.41) is 15.7. The number of rotatable bonds is 9. The molecule has 0 spiro atoms. The third-order valence-corrected chi connectivity index (χ3v) is 26.0. The number of hydrogen-bond donors (Lipinski definition) is 0. The molecule has 0 N–H and O–H groups in total. The largest absolute Gasteiger partial charge is 0.309 e. The van der Waals surface area contributed by atoms with E-state index in [1.54, 1.807) is 0 Å². The van der Waals surface area contributed by atoms with Crippen LogP contribution in [0.3, 0.4) is 0 Å². The molecule has 5 nitrogen and oxygen atoms in total. The minimum absolute atomic E-state index is 0.0388. The van der Waals surface area contributed by atoms with E-state index in [1.165, 1.54) is 178 Å². The molecule has 5 aromatic heterocycles. The van der Waals surface area contributed by atoms with Gasteiger partial charge in [0.15, 0.2) is 17.5 Å². The van der Waals surface area contributed by atoms with Crippen LogP contribution in [0.2, 0.25) is 0 Å². The van der Waals surface area contributed by atoms with Crippen molar-refractivity contribution < 1.29 is 0 Å². The number of fused-ring (bicyclic) bond motifs is 19. The van der Waals surface area contributed by atoms with Crippen LogP contribution in [-0.2, 0) is 5.41 Å². The summed E-state index contributed by atoms with van der Waals surface area (Å²) < 4.78 is 10.3. The molecule has 0 aliphatic heterocycles. The van der Waals surface area contributed by atoms with E-state index in [2.05, 4.69) is 369 Å². The fourth-order valence-corrected chi connectivity index (χ4v) is 20.4. The molecule has 0 amide bonds. The lowest BCUT2D eigenvalue weighted by Gasteiger charge is -2.22. The molecule has 0 atom stereocenters. The van der Waals surface area contributed by atoms with Crippen molar-refractivity contribution in [3.05, 3.63) is 418 Å². The Labute approximate surface area is 685 Å². The zero-order valence-corrected chi connectivity index (χ0v) is 65.9. The summed E-state index contributed by atoms with van der Waals surface area (Å²) in [6.45, 7) is 4.64. The lowest BCUT2D eigenvalue weighted by Crippen LogP contribution is -2.14. The molecule has 0 saturated heterocycles. The quantitative estimate of drug-likeness (QED) is 0.135. The van der Waals surface area contributed by atoms with Gasteiger partial charge in [-0.05, 0) is 173 Å². The van der Waals surface area contributed by atoms with Gasteiger partial charge in [-0.25, -0.2) is 15.0 Å². The Hall–Kier alpha value is -14.5. The molecule has 18 aromatic carbocycles. The van der Waals surface area contributed by atoms with Crippen molar-refractivity contribution >= 4 is 128 Å². The Morgan fingerprint density at radius 1 is 0.222 bits per heavy atom. The highest BCUT2D eigenvalue weighted by atomic mass is 32.1. The van der Waals surface area contributed by atoms with Crippen LogP contribution in [0.15, 0.2) is 406 Å². The van der Waals surface area contributed by atoms with Gasteiger partial charge >= 0.3 is 0 Å². The van der Waals surface area contributed by atoms with E-state index in [4.69, 9.17) is 15.0 Å². The molecule has 7 heteroatoms. The summed E-state index contributed by atoms with van der Waals surface area (Å²) in [7, 11) is 0. The molecule has 0 fully saturated rings. The third-order valence-electron chi connectivity index (χ3n) is 23.7. The zero-order chi connectivity index (χ0) is 77.7. The predicted molar refractivity (Wildman–Crippen MR) is 498 cm³/mol. The first-order chi connectivity index (χ1) is 57.8. The van der Waals surface area contributed by atoms with Gasteiger partial charge in [0, 0.05) is 90.7 Å². The SMILES string of the molecule is CC1(C)c2ccccc2-c2ccc(-c3cccc(-c4nc(-c5ccccc5)nc(-c5ccccc5)n4)c3)cc21.c1ccc(-c2cc(-c3ccccc3)cc(-n3c4ccccc4c4cc5sc6ccccc6c5cc43)c2)cc1.c1ccc2c(c1)cc(-c1ccc(-n3c4ccccc4c4ccc5c6ccccc6sc5c43)cc1)c1ccccc12. The van der Waals surface area contributed by atoms with Crippen LogP contribution >= 0.6 is 22.7 Å². The summed E-state index contributed by atoms with van der Waals surface area (Å²) in [6, 6.07) is 146. The van der Waals surface area contributed by atoms with Gasteiger partial charge in [0.2, 0.25) is 0 Å². The lowest BCUT2D eigenvalue weighted by molar-refractivity contribution is 0.660. The Morgan fingerprint density at radius 3 is 1.36 bits per heavy atom. The minimum Gasteiger partial charge on any atom is -0.309 e. The number of thiophene rings is 2. The van der Waals surface area contributed by atoms with Crippen molar-refractivity contribution in [3.63, 3.8) is 0 Å². The van der Waals surface area contributed by atoms with E-state index < -0.39 is 0 Å². The van der Waals surface area contributed by atoms with Crippen LogP contribution in [0.5, 0.6) is 0 Å². The first-order valence-corrected chi connectivity index (χ1v) is 41.6. The second-order valence-electron chi connectivity index (χ2n) is 30.9. The molecule has 5 heterocycles. The second-order valence-corrected chi connectivity index (χ2v) is 33.0. The standard InChI is InChI=1S/C38H23NS.C36H27N3.C36H23NS/c1-2-10-27-25(9-1)23-34(29-12-4-3-11-28(27)29)24-17-19-26(20-18-24)39-35-15-7-5-13-30(35)32-21-22-33-31-14-6-8-16-36(31)40-38(33)37(32)39;1-36(2)31-19-10-9-18-29(31)30-21-20-27(23-32(30)36)26-16-11-17-28(22-26)35-38-33(24-12-5-3-6-13-24)37-34(39-35)25-14-7-4-8-15-25;1-3-11-24(12-4-1)26-19-27(25-13-5-2-6-14-25)21-28(20-26)37-33-17-9-7-15-29(33)31-23-36-32(22-34(31)37)30-16-8-10-18-35(30)38-36/h1-23H;3-23H,1-2H3;1-23H. The molecular formula is C110H73N5S2. The lowest BCUT2D eigenvalue weighted by atomic mass is 9.81. The highest BCUT2D eigenvalue weighted by Gasteiger charge is 2.35. The second kappa shape index (κ2) is 28.6. The molecule has 117 heavy (non-hydrogen) atoms. The number of benzene rings is 18. The highest BCUT2D eigenvalue weighted by molar-refractivity contribution is 7.27. The monoisotopic (exact) mass is 1530 g/mol. The smallest absolute Gasteiger partial charge is 0.164 e. The third kappa shape index (κ3) is 12.1. The molecule has 550 valence electrons. The number of para-hydroxylation sites is 2. The Kier molecular flexibility index (Phi) is 16.9. The Morgan fingerprint density at radius 2 is 0.692 bits per heavy atom. The Balaban J connectivity index is 0.000000106. The summed E-state index contributed by atoms with van der Waals surface area (Å²) in [5.74, 6) is 2.00. The molecule has 1 aliphatic carbocycles. The fraction of sp³-hybridized carbons (Fsp3) is 0.0273. The van der Waals surface area contributed by atoms with Crippen LogP contribution in [0.25, 0.3) is 207 Å². The molecule has 0 unspecified atom stereocenters. The van der Waals surface area contributed by atoms with Gasteiger partial charge in [-0.1, -0.05) is 335 Å². The van der Waals surface area contributed by atoms with Gasteiger partial charge in [0.05, 0.1) is 26.8 Å². The zero-order valence-electron chi connectivity index (χ0n) is 64.2. The molecule has 0 radical (unpaired) electrons. The Bertz CT molecular complexity index is 7710. The molecular weight excluding hydrogens is 1460 g/mol. The summed E-state index contributed by atoms with van der Waals surface area (Å²) in [5.41, 5.74) is 25.4. The topological polar surface area (TPSA) is 48.5 Å². The van der Waals surface area contributed by atoms with Crippen molar-refractivity contribution in [2.24, 2.45) is 0 Å². The van der Waals surface area contributed by atoms with E-state index in [0.29, 0.717) is 17.5 Å². The van der Waals surface area contributed by atoms with E-state index in [1.807, 2.05) is 83.3 Å². The van der Waals surface area contributed by atoms with Crippen molar-refractivity contribution in [1.82, 2.24) is 24.1 Å². The minimum atomic E-state index is -0.0388. The van der Waals surface area contributed by atoms with Crippen LogP contribution in [-0.4, -0.2) is 24.1 Å². The number of nitrogens with zero attached hydrogens (tertiary/aromatic N) is 5. The van der Waals surface area contributed by atoms with E-state index in [9.17, 15) is 0 Å². The first kappa shape index (κ1) is 69.3. The maximum Gasteiger partial charge on any atom is 0.164 e. The van der Waals surface area contributed by atoms with Gasteiger partial charge in [0.1, 0.15) is 0 Å². The average Bonchev–Trinajstić information content (AvgIpc) is 1.57. The predicted octanol–water partition coefficient (Wildman–Crippen LogP) is 30.5. The molecule has 24 rings (SSSR count). The van der Waals surface area contributed by atoms with Crippen molar-refractivity contribution in [2.45, 2.75) is 19.3 Å². The van der Waals surface area contributed by atoms with Crippen LogP contribution in [0.4, 0.5) is 0 Å². The molecule has 1 aliphatic rings. The normalized spacial score (nSPS) is 12.3. The van der Waals surface area contributed by atoms with E-state index in [-0.39, 0.29) is 5.41 Å². The van der Waals surface area contributed by atoms with Gasteiger partial charge < -0.3 is 9.13 Å². The first-order valence-electron chi connectivity index (χ1n) is 39.9. The van der Waals surface area contributed by atoms with Crippen molar-refractivity contribution in [2.75, 3.05) is 0 Å². The highest BCUT2D eigenvalue weighted by Crippen LogP contribution is 2.51. The summed E-state index contributed by atoms with van der Waals surface area (Å²) in [4.78, 5) is 14.7. The summed E-state index contributed by atoms with van der Waals surface area (Å²) in [6.07, 6.45) is 0. The fourth-order valence-electron chi connectivity index (χ4n) is 18.0. The summed E-state index contributed by atoms with van der Waals surface area (Å²) >= 11 is 3.78. The molecule has 0 saturated carbocycles. The van der Waals surface area contributed by atoms with Crippen molar-refractivity contribution in [1.29, 1.82) is 0 Å². The van der Waals surface area contributed by atoms with Gasteiger partial charge in [-0.15, -0.1) is 22.7 Å². The van der Waals surface area contributed by atoms with E-state index in [0.717, 1.165) is 22.3 Å². The van der Waals surface area contributed by atoms with Gasteiger partial charge in [-0.2, -0.15) is 0 Å². The number of hydrogen-bond acceptors (Lipinski definition) is 5. The van der Waals surface area contributed by atoms with Crippen LogP contribution < -0.4 is 0 Å². The molecule has 0 bridgehead atoms. The maximum absolute atomic E-state index is 4.92. The van der Waals surface area contributed by atoms with Crippen LogP contribution in [0, 0.1) is 0 Å². The average molecular weight is 1530 g/mol. The van der Waals surface area contributed by atoms with Crippen LogP contribution in [0.1, 0.15) is 25.0 Å². The van der Waals surface area contributed by atoms with Crippen molar-refractivity contribution in [3.8, 4) is 101 Å². The van der Waals surface area contributed by atoms with Gasteiger partial charge in [-0.3, -0.25) is 0 Å². The molecule has 23 aromatic rings. The maximum atomic E-state index is 4.92. The number of aromatic nitrogens is 5.